The van der Waals surface area contributed by atoms with Crippen molar-refractivity contribution >= 4 is 18.0 Å². The second-order valence-electron chi connectivity index (χ2n) is 4.80. The van der Waals surface area contributed by atoms with Gasteiger partial charge in [0.2, 0.25) is 0 Å². The van der Waals surface area contributed by atoms with E-state index >= 15 is 0 Å². The first-order valence-electron chi connectivity index (χ1n) is 7.19. The minimum atomic E-state index is 0.668. The van der Waals surface area contributed by atoms with E-state index in [1.807, 2.05) is 60.7 Å². The zero-order valence-electron chi connectivity index (χ0n) is 12.7. The third kappa shape index (κ3) is 3.74. The molecule has 0 amide bonds. The van der Waals surface area contributed by atoms with Gasteiger partial charge in [0.25, 0.3) is 0 Å². The molecule has 3 aromatic rings. The number of hydrogen-bond acceptors (Lipinski definition) is 4. The molecular formula is C19H16N2O2. The van der Waals surface area contributed by atoms with Gasteiger partial charge in [-0.15, -0.1) is 0 Å². The number of allylic oxidation sites excluding steroid dienone is 1. The van der Waals surface area contributed by atoms with Gasteiger partial charge in [0, 0.05) is 12.3 Å². The highest BCUT2D eigenvalue weighted by Gasteiger charge is 2.09. The maximum absolute atomic E-state index is 5.41. The molecule has 4 nitrogen and oxygen atoms in total. The minimum absolute atomic E-state index is 0.668. The molecule has 0 bridgehead atoms. The van der Waals surface area contributed by atoms with E-state index < -0.39 is 0 Å². The molecule has 0 saturated heterocycles. The van der Waals surface area contributed by atoms with E-state index in [1.165, 1.54) is 6.39 Å². The number of oxazole rings is 1. The quantitative estimate of drug-likeness (QED) is 0.638. The van der Waals surface area contributed by atoms with Gasteiger partial charge in [-0.25, -0.2) is 4.98 Å². The largest absolute Gasteiger partial charge is 0.496 e. The molecule has 0 aliphatic heterocycles. The predicted octanol–water partition coefficient (Wildman–Crippen LogP) is 4.77. The molecule has 1 aromatic heterocycles. The van der Waals surface area contributed by atoms with Crippen molar-refractivity contribution in [1.29, 1.82) is 0 Å². The van der Waals surface area contributed by atoms with Crippen LogP contribution in [-0.2, 0) is 0 Å². The average Bonchev–Trinajstić information content (AvgIpc) is 3.14. The molecule has 0 unspecified atom stereocenters. The van der Waals surface area contributed by atoms with Crippen molar-refractivity contribution in [2.75, 3.05) is 7.11 Å². The molecule has 3 rings (SSSR count). The third-order valence-electron chi connectivity index (χ3n) is 3.28. The van der Waals surface area contributed by atoms with Crippen molar-refractivity contribution in [3.8, 4) is 17.1 Å². The van der Waals surface area contributed by atoms with Gasteiger partial charge in [0.15, 0.2) is 12.2 Å². The molecule has 2 aromatic carbocycles. The van der Waals surface area contributed by atoms with Crippen molar-refractivity contribution in [3.05, 3.63) is 72.8 Å². The molecule has 114 valence electrons. The lowest BCUT2D eigenvalue weighted by atomic mass is 10.1. The Morgan fingerprint density at radius 1 is 1.13 bits per heavy atom. The van der Waals surface area contributed by atoms with Crippen LogP contribution in [0.3, 0.4) is 0 Å². The van der Waals surface area contributed by atoms with Crippen LogP contribution in [0.2, 0.25) is 0 Å². The van der Waals surface area contributed by atoms with Gasteiger partial charge in [-0.2, -0.15) is 0 Å². The Kier molecular flexibility index (Phi) is 4.64. The summed E-state index contributed by atoms with van der Waals surface area (Å²) in [6.45, 7) is 0. The van der Waals surface area contributed by atoms with Crippen LogP contribution >= 0.6 is 0 Å². The van der Waals surface area contributed by atoms with Gasteiger partial charge in [-0.1, -0.05) is 36.4 Å². The van der Waals surface area contributed by atoms with Crippen LogP contribution in [0.1, 0.15) is 5.56 Å². The van der Waals surface area contributed by atoms with Crippen molar-refractivity contribution < 1.29 is 9.15 Å². The highest BCUT2D eigenvalue weighted by atomic mass is 16.5. The first-order chi connectivity index (χ1) is 11.4. The van der Waals surface area contributed by atoms with Gasteiger partial charge < -0.3 is 9.15 Å². The summed E-state index contributed by atoms with van der Waals surface area (Å²) < 4.78 is 10.7. The molecule has 0 saturated carbocycles. The molecule has 0 fully saturated rings. The van der Waals surface area contributed by atoms with Crippen LogP contribution in [0, 0.1) is 0 Å². The van der Waals surface area contributed by atoms with E-state index in [1.54, 1.807) is 19.5 Å². The molecule has 0 spiro atoms. The van der Waals surface area contributed by atoms with E-state index in [-0.39, 0.29) is 0 Å². The van der Waals surface area contributed by atoms with Gasteiger partial charge in [0.1, 0.15) is 5.75 Å². The Hall–Kier alpha value is -3.14. The summed E-state index contributed by atoms with van der Waals surface area (Å²) in [4.78, 5) is 8.34. The fourth-order valence-electron chi connectivity index (χ4n) is 2.16. The standard InChI is InChI=1S/C19H16N2O2/c1-22-18-12-16(9-10-17(18)19-13-20-14-23-19)21-11-5-8-15-6-3-2-4-7-15/h2-14H,1H3/b8-5+,21-11?. The van der Waals surface area contributed by atoms with Gasteiger partial charge in [-0.3, -0.25) is 4.99 Å². The van der Waals surface area contributed by atoms with Crippen molar-refractivity contribution in [3.63, 3.8) is 0 Å². The van der Waals surface area contributed by atoms with Crippen LogP contribution < -0.4 is 4.74 Å². The van der Waals surface area contributed by atoms with Crippen LogP contribution in [0.4, 0.5) is 5.69 Å². The number of aromatic nitrogens is 1. The van der Waals surface area contributed by atoms with Gasteiger partial charge in [-0.05, 0) is 23.8 Å². The van der Waals surface area contributed by atoms with Crippen LogP contribution in [0.15, 0.2) is 76.6 Å². The number of nitrogens with zero attached hydrogens (tertiary/aromatic N) is 2. The van der Waals surface area contributed by atoms with Gasteiger partial charge in [0.05, 0.1) is 24.6 Å². The monoisotopic (exact) mass is 304 g/mol. The predicted molar refractivity (Wildman–Crippen MR) is 92.1 cm³/mol. The summed E-state index contributed by atoms with van der Waals surface area (Å²) in [5, 5.41) is 0. The summed E-state index contributed by atoms with van der Waals surface area (Å²) in [5.74, 6) is 1.37. The average molecular weight is 304 g/mol. The molecule has 0 N–H and O–H groups in total. The van der Waals surface area contributed by atoms with Crippen LogP contribution in [-0.4, -0.2) is 18.3 Å². The third-order valence-corrected chi connectivity index (χ3v) is 3.28. The Morgan fingerprint density at radius 2 is 2.00 bits per heavy atom. The van der Waals surface area contributed by atoms with E-state index in [0.29, 0.717) is 11.5 Å². The first-order valence-corrected chi connectivity index (χ1v) is 7.19. The second-order valence-corrected chi connectivity index (χ2v) is 4.80. The van der Waals surface area contributed by atoms with E-state index in [2.05, 4.69) is 9.98 Å². The van der Waals surface area contributed by atoms with E-state index in [0.717, 1.165) is 16.8 Å². The highest BCUT2D eigenvalue weighted by molar-refractivity contribution is 5.81. The maximum Gasteiger partial charge on any atom is 0.181 e. The summed E-state index contributed by atoms with van der Waals surface area (Å²) >= 11 is 0. The molecular weight excluding hydrogens is 288 g/mol. The van der Waals surface area contributed by atoms with Crippen molar-refractivity contribution in [1.82, 2.24) is 4.98 Å². The zero-order valence-corrected chi connectivity index (χ0v) is 12.7. The molecule has 0 radical (unpaired) electrons. The lowest BCUT2D eigenvalue weighted by Crippen LogP contribution is -1.86. The molecule has 23 heavy (non-hydrogen) atoms. The van der Waals surface area contributed by atoms with Gasteiger partial charge >= 0.3 is 0 Å². The van der Waals surface area contributed by atoms with Crippen molar-refractivity contribution in [2.45, 2.75) is 0 Å². The van der Waals surface area contributed by atoms with Crippen molar-refractivity contribution in [2.24, 2.45) is 4.99 Å². The zero-order chi connectivity index (χ0) is 15.9. The molecule has 4 heteroatoms. The van der Waals surface area contributed by atoms with E-state index in [4.69, 9.17) is 9.15 Å². The Morgan fingerprint density at radius 3 is 2.74 bits per heavy atom. The smallest absolute Gasteiger partial charge is 0.181 e. The molecule has 0 atom stereocenters. The summed E-state index contributed by atoms with van der Waals surface area (Å²) in [6.07, 6.45) is 8.73. The fourth-order valence-corrected chi connectivity index (χ4v) is 2.16. The Bertz CT molecular complexity index is 807. The topological polar surface area (TPSA) is 47.6 Å². The highest BCUT2D eigenvalue weighted by Crippen LogP contribution is 2.32. The fraction of sp³-hybridized carbons (Fsp3) is 0.0526. The Balaban J connectivity index is 1.76. The second kappa shape index (κ2) is 7.22. The van der Waals surface area contributed by atoms with E-state index in [9.17, 15) is 0 Å². The lowest BCUT2D eigenvalue weighted by molar-refractivity contribution is 0.415. The summed E-state index contributed by atoms with van der Waals surface area (Å²) in [6, 6.07) is 15.8. The minimum Gasteiger partial charge on any atom is -0.496 e. The first kappa shape index (κ1) is 14.8. The number of aliphatic imine (C=N–C) groups is 1. The Labute approximate surface area is 134 Å². The van der Waals surface area contributed by atoms with Crippen LogP contribution in [0.25, 0.3) is 17.4 Å². The molecule has 0 aliphatic rings. The molecule has 1 heterocycles. The van der Waals surface area contributed by atoms with Crippen LogP contribution in [0.5, 0.6) is 5.75 Å². The number of hydrogen-bond donors (Lipinski definition) is 0. The normalized spacial score (nSPS) is 11.3. The lowest BCUT2D eigenvalue weighted by Gasteiger charge is -2.06. The number of rotatable bonds is 5. The summed E-state index contributed by atoms with van der Waals surface area (Å²) in [5.41, 5.74) is 2.80. The maximum atomic E-state index is 5.41. The number of ether oxygens (including phenoxy) is 1. The number of benzene rings is 2. The summed E-state index contributed by atoms with van der Waals surface area (Å²) in [7, 11) is 1.62. The number of methoxy groups -OCH3 is 1. The SMILES string of the molecule is COc1cc(N=C/C=C/c2ccccc2)ccc1-c1cnco1. The molecule has 0 aliphatic carbocycles.